The van der Waals surface area contributed by atoms with Crippen LogP contribution in [0.4, 0.5) is 0 Å². The second-order valence-electron chi connectivity index (χ2n) is 8.35. The fraction of sp³-hybridized carbons (Fsp3) is 0.462. The number of amides is 2. The van der Waals surface area contributed by atoms with Crippen molar-refractivity contribution in [3.8, 4) is 11.5 Å². The third-order valence-corrected chi connectivity index (χ3v) is 6.34. The zero-order chi connectivity index (χ0) is 23.6. The Morgan fingerprint density at radius 3 is 2.27 bits per heavy atom. The number of rotatable bonds is 9. The first-order valence-electron chi connectivity index (χ1n) is 11.5. The molecule has 33 heavy (non-hydrogen) atoms. The minimum Gasteiger partial charge on any atom is -0.493 e. The van der Waals surface area contributed by atoms with Gasteiger partial charge in [-0.15, -0.1) is 11.6 Å². The summed E-state index contributed by atoms with van der Waals surface area (Å²) in [5, 5.41) is 3.22. The van der Waals surface area contributed by atoms with Crippen LogP contribution in [-0.4, -0.2) is 42.9 Å². The monoisotopic (exact) mass is 472 g/mol. The van der Waals surface area contributed by atoms with Crippen molar-refractivity contribution in [2.75, 3.05) is 20.1 Å². The Hall–Kier alpha value is -2.73. The van der Waals surface area contributed by atoms with Gasteiger partial charge in [0.25, 0.3) is 0 Å². The topological polar surface area (TPSA) is 67.9 Å². The first-order valence-corrected chi connectivity index (χ1v) is 12.0. The van der Waals surface area contributed by atoms with Gasteiger partial charge in [-0.2, -0.15) is 0 Å². The molecule has 1 aliphatic carbocycles. The number of benzene rings is 2. The number of carbonyl (C=O) groups excluding carboxylic acids is 2. The molecular weight excluding hydrogens is 440 g/mol. The molecule has 6 nitrogen and oxygen atoms in total. The average Bonchev–Trinajstić information content (AvgIpc) is 3.12. The summed E-state index contributed by atoms with van der Waals surface area (Å²) in [5.41, 5.74) is 1.57. The molecule has 1 unspecified atom stereocenters. The highest BCUT2D eigenvalue weighted by Crippen LogP contribution is 2.33. The summed E-state index contributed by atoms with van der Waals surface area (Å²) in [5.74, 6) is 0.329. The highest BCUT2D eigenvalue weighted by Gasteiger charge is 2.33. The minimum absolute atomic E-state index is 0.104. The number of carbonyl (C=O) groups is 2. The number of ether oxygens (including phenoxy) is 2. The number of hydrogen-bond donors (Lipinski definition) is 1. The summed E-state index contributed by atoms with van der Waals surface area (Å²) in [6, 6.07) is 14.2. The van der Waals surface area contributed by atoms with Crippen LogP contribution in [0.1, 0.15) is 55.7 Å². The van der Waals surface area contributed by atoms with Crippen molar-refractivity contribution < 1.29 is 19.1 Å². The Morgan fingerprint density at radius 2 is 1.67 bits per heavy atom. The third-order valence-electron chi connectivity index (χ3n) is 6.12. The van der Waals surface area contributed by atoms with Crippen molar-refractivity contribution in [2.24, 2.45) is 0 Å². The van der Waals surface area contributed by atoms with Crippen LogP contribution in [-0.2, 0) is 16.1 Å². The highest BCUT2D eigenvalue weighted by molar-refractivity contribution is 6.27. The summed E-state index contributed by atoms with van der Waals surface area (Å²) >= 11 is 6.00. The lowest BCUT2D eigenvalue weighted by molar-refractivity contribution is -0.140. The molecule has 2 aromatic rings. The van der Waals surface area contributed by atoms with Crippen molar-refractivity contribution in [1.82, 2.24) is 10.2 Å². The first-order chi connectivity index (χ1) is 16.1. The van der Waals surface area contributed by atoms with Gasteiger partial charge in [-0.05, 0) is 36.1 Å². The molecule has 0 radical (unpaired) electrons. The molecule has 3 rings (SSSR count). The maximum Gasteiger partial charge on any atom is 0.247 e. The van der Waals surface area contributed by atoms with E-state index in [4.69, 9.17) is 21.1 Å². The normalized spacial score (nSPS) is 15.2. The molecule has 2 amide bonds. The summed E-state index contributed by atoms with van der Waals surface area (Å²) in [4.78, 5) is 28.3. The lowest BCUT2D eigenvalue weighted by Crippen LogP contribution is -2.46. The van der Waals surface area contributed by atoms with E-state index in [1.54, 1.807) is 37.3 Å². The number of alkyl halides is 1. The van der Waals surface area contributed by atoms with Crippen LogP contribution in [0, 0.1) is 0 Å². The van der Waals surface area contributed by atoms with E-state index in [2.05, 4.69) is 5.32 Å². The smallest absolute Gasteiger partial charge is 0.247 e. The second-order valence-corrected chi connectivity index (χ2v) is 8.62. The lowest BCUT2D eigenvalue weighted by atomic mass is 10.0. The highest BCUT2D eigenvalue weighted by atomic mass is 35.5. The molecule has 178 valence electrons. The van der Waals surface area contributed by atoms with Crippen molar-refractivity contribution in [1.29, 1.82) is 0 Å². The van der Waals surface area contributed by atoms with Gasteiger partial charge in [0.1, 0.15) is 11.9 Å². The van der Waals surface area contributed by atoms with Gasteiger partial charge in [0, 0.05) is 12.6 Å². The van der Waals surface area contributed by atoms with Gasteiger partial charge >= 0.3 is 0 Å². The molecule has 0 bridgehead atoms. The largest absolute Gasteiger partial charge is 0.493 e. The molecule has 0 aliphatic heterocycles. The van der Waals surface area contributed by atoms with Crippen LogP contribution >= 0.6 is 11.6 Å². The van der Waals surface area contributed by atoms with E-state index in [0.29, 0.717) is 17.1 Å². The van der Waals surface area contributed by atoms with Crippen LogP contribution in [0.3, 0.4) is 0 Å². The Bertz CT molecular complexity index is 914. The van der Waals surface area contributed by atoms with Crippen LogP contribution in [0.2, 0.25) is 0 Å². The predicted octanol–water partition coefficient (Wildman–Crippen LogP) is 4.85. The van der Waals surface area contributed by atoms with Crippen molar-refractivity contribution in [3.63, 3.8) is 0 Å². The zero-order valence-corrected chi connectivity index (χ0v) is 20.1. The van der Waals surface area contributed by atoms with E-state index in [1.165, 1.54) is 12.8 Å². The maximum absolute atomic E-state index is 13.7. The van der Waals surface area contributed by atoms with Crippen LogP contribution < -0.4 is 14.8 Å². The molecule has 0 saturated heterocycles. The molecule has 1 N–H and O–H groups in total. The molecular formula is C26H33ClN2O4. The molecule has 0 aromatic heterocycles. The standard InChI is InChI=1S/C26H33ClN2O4/c1-32-22-15-14-20(16-23(22)33-2)25(26(31)28-21-12-8-3-4-9-13-21)29(24(30)17-27)18-19-10-6-5-7-11-19/h5-7,10-11,14-16,21,25H,3-4,8-9,12-13,17-18H2,1-2H3,(H,28,31). The SMILES string of the molecule is COc1ccc(C(C(=O)NC2CCCCCC2)N(Cc2ccccc2)C(=O)CCl)cc1OC. The van der Waals surface area contributed by atoms with Gasteiger partial charge in [-0.1, -0.05) is 62.1 Å². The number of methoxy groups -OCH3 is 2. The molecule has 7 heteroatoms. The Balaban J connectivity index is 1.99. The number of halogens is 1. The molecule has 1 fully saturated rings. The molecule has 1 saturated carbocycles. The fourth-order valence-corrected chi connectivity index (χ4v) is 4.53. The number of hydrogen-bond acceptors (Lipinski definition) is 4. The molecule has 0 spiro atoms. The Kier molecular flexibility index (Phi) is 9.43. The van der Waals surface area contributed by atoms with E-state index in [-0.39, 0.29) is 30.3 Å². The summed E-state index contributed by atoms with van der Waals surface area (Å²) < 4.78 is 10.8. The Labute approximate surface area is 201 Å². The van der Waals surface area contributed by atoms with Crippen molar-refractivity contribution in [3.05, 3.63) is 59.7 Å². The predicted molar refractivity (Wildman–Crippen MR) is 130 cm³/mol. The van der Waals surface area contributed by atoms with Gasteiger partial charge in [-0.3, -0.25) is 9.59 Å². The van der Waals surface area contributed by atoms with E-state index in [0.717, 1.165) is 31.2 Å². The van der Waals surface area contributed by atoms with Crippen LogP contribution in [0.5, 0.6) is 11.5 Å². The molecule has 1 aliphatic rings. The summed E-state index contributed by atoms with van der Waals surface area (Å²) in [7, 11) is 3.11. The van der Waals surface area contributed by atoms with E-state index < -0.39 is 6.04 Å². The van der Waals surface area contributed by atoms with Crippen LogP contribution in [0.15, 0.2) is 48.5 Å². The van der Waals surface area contributed by atoms with Gasteiger partial charge in [0.2, 0.25) is 11.8 Å². The third kappa shape index (κ3) is 6.64. The average molecular weight is 473 g/mol. The first kappa shape index (κ1) is 24.9. The quantitative estimate of drug-likeness (QED) is 0.418. The van der Waals surface area contributed by atoms with Crippen molar-refractivity contribution >= 4 is 23.4 Å². The fourth-order valence-electron chi connectivity index (χ4n) is 4.38. The lowest BCUT2D eigenvalue weighted by Gasteiger charge is -2.32. The molecule has 0 heterocycles. The van der Waals surface area contributed by atoms with E-state index in [1.807, 2.05) is 30.3 Å². The molecule has 2 aromatic carbocycles. The zero-order valence-electron chi connectivity index (χ0n) is 19.4. The number of nitrogens with one attached hydrogen (secondary N) is 1. The summed E-state index contributed by atoms with van der Waals surface area (Å²) in [6.45, 7) is 0.267. The number of nitrogens with zero attached hydrogens (tertiary/aromatic N) is 1. The maximum atomic E-state index is 13.7. The van der Waals surface area contributed by atoms with Crippen LogP contribution in [0.25, 0.3) is 0 Å². The van der Waals surface area contributed by atoms with Crippen molar-refractivity contribution in [2.45, 2.75) is 57.2 Å². The second kappa shape index (κ2) is 12.5. The van der Waals surface area contributed by atoms with Gasteiger partial charge < -0.3 is 19.7 Å². The van der Waals surface area contributed by atoms with Gasteiger partial charge in [0.15, 0.2) is 11.5 Å². The van der Waals surface area contributed by atoms with Gasteiger partial charge in [-0.25, -0.2) is 0 Å². The summed E-state index contributed by atoms with van der Waals surface area (Å²) in [6.07, 6.45) is 6.48. The Morgan fingerprint density at radius 1 is 1.00 bits per heavy atom. The van der Waals surface area contributed by atoms with E-state index in [9.17, 15) is 9.59 Å². The molecule has 1 atom stereocenters. The minimum atomic E-state index is -0.848. The van der Waals surface area contributed by atoms with E-state index >= 15 is 0 Å². The van der Waals surface area contributed by atoms with Gasteiger partial charge in [0.05, 0.1) is 14.2 Å².